The van der Waals surface area contributed by atoms with Gasteiger partial charge in [0.1, 0.15) is 0 Å². The smallest absolute Gasteiger partial charge is 0.261 e. The van der Waals surface area contributed by atoms with Gasteiger partial charge < -0.3 is 5.32 Å². The molecule has 0 fully saturated rings. The number of nitrogens with zero attached hydrogens (tertiary/aromatic N) is 1. The highest BCUT2D eigenvalue weighted by atomic mass is 32.2. The third-order valence-corrected chi connectivity index (χ3v) is 6.46. The molecule has 4 rings (SSSR count). The summed E-state index contributed by atoms with van der Waals surface area (Å²) in [5.41, 5.74) is 3.85. The van der Waals surface area contributed by atoms with Crippen LogP contribution >= 0.6 is 11.8 Å². The molecule has 32 heavy (non-hydrogen) atoms. The number of aryl methyl sites for hydroxylation is 1. The van der Waals surface area contributed by atoms with Gasteiger partial charge in [-0.15, -0.1) is 11.8 Å². The molecule has 3 aromatic rings. The minimum atomic E-state index is -0.286. The molecular weight excluding hydrogens is 420 g/mol. The van der Waals surface area contributed by atoms with Crippen LogP contribution in [0, 0.1) is 6.92 Å². The fraction of sp³-hybridized carbons (Fsp3) is 0.192. The molecule has 0 radical (unpaired) electrons. The summed E-state index contributed by atoms with van der Waals surface area (Å²) in [7, 11) is 0. The zero-order valence-corrected chi connectivity index (χ0v) is 18.7. The van der Waals surface area contributed by atoms with Crippen molar-refractivity contribution in [2.24, 2.45) is 0 Å². The Morgan fingerprint density at radius 1 is 0.906 bits per heavy atom. The molecule has 5 nitrogen and oxygen atoms in total. The van der Waals surface area contributed by atoms with Gasteiger partial charge in [0.05, 0.1) is 11.1 Å². The predicted molar refractivity (Wildman–Crippen MR) is 127 cm³/mol. The fourth-order valence-electron chi connectivity index (χ4n) is 3.69. The molecule has 0 unspecified atom stereocenters. The van der Waals surface area contributed by atoms with Crippen molar-refractivity contribution in [3.63, 3.8) is 0 Å². The van der Waals surface area contributed by atoms with Crippen molar-refractivity contribution in [3.05, 3.63) is 95.1 Å². The predicted octanol–water partition coefficient (Wildman–Crippen LogP) is 5.30. The van der Waals surface area contributed by atoms with Gasteiger partial charge in [-0.05, 0) is 54.8 Å². The number of benzene rings is 3. The first-order valence-corrected chi connectivity index (χ1v) is 11.5. The van der Waals surface area contributed by atoms with Crippen LogP contribution < -0.4 is 5.32 Å². The van der Waals surface area contributed by atoms with E-state index in [2.05, 4.69) is 23.5 Å². The van der Waals surface area contributed by atoms with Crippen molar-refractivity contribution in [2.75, 3.05) is 11.9 Å². The number of carbonyl (C=O) groups excluding carboxylic acids is 3. The molecule has 0 saturated heterocycles. The number of amides is 3. The molecule has 6 heteroatoms. The number of thioether (sulfide) groups is 1. The average molecular weight is 445 g/mol. The lowest BCUT2D eigenvalue weighted by Crippen LogP contribution is -2.31. The molecule has 3 amide bonds. The van der Waals surface area contributed by atoms with Crippen molar-refractivity contribution < 1.29 is 14.4 Å². The molecule has 0 aliphatic carbocycles. The van der Waals surface area contributed by atoms with E-state index in [1.807, 2.05) is 37.3 Å². The summed E-state index contributed by atoms with van der Waals surface area (Å²) in [5, 5.41) is 2.94. The molecule has 3 aromatic carbocycles. The Morgan fingerprint density at radius 2 is 1.56 bits per heavy atom. The van der Waals surface area contributed by atoms with Gasteiger partial charge in [-0.1, -0.05) is 42.5 Å². The standard InChI is InChI=1S/C26H24N2O3S/c1-18-16-19(17-32-20-8-3-2-4-9-20)13-14-23(18)27-24(29)12-7-15-28-25(30)21-10-5-6-11-22(21)26(28)31/h2-6,8-11,13-14,16H,7,12,15,17H2,1H3,(H,27,29). The number of anilines is 1. The van der Waals surface area contributed by atoms with Crippen LogP contribution in [0.5, 0.6) is 0 Å². The summed E-state index contributed by atoms with van der Waals surface area (Å²) in [6, 6.07) is 23.1. The summed E-state index contributed by atoms with van der Waals surface area (Å²) in [5.74, 6) is 0.159. The Balaban J connectivity index is 1.26. The van der Waals surface area contributed by atoms with E-state index in [1.165, 1.54) is 15.4 Å². The number of hydrogen-bond donors (Lipinski definition) is 1. The lowest BCUT2D eigenvalue weighted by Gasteiger charge is -2.14. The summed E-state index contributed by atoms with van der Waals surface area (Å²) >= 11 is 1.77. The third kappa shape index (κ3) is 4.92. The first-order chi connectivity index (χ1) is 15.5. The van der Waals surface area contributed by atoms with Crippen molar-refractivity contribution in [2.45, 2.75) is 30.4 Å². The van der Waals surface area contributed by atoms with E-state index < -0.39 is 0 Å². The zero-order valence-electron chi connectivity index (χ0n) is 17.8. The largest absolute Gasteiger partial charge is 0.326 e. The Bertz CT molecular complexity index is 1130. The molecule has 0 aromatic heterocycles. The second-order valence-electron chi connectivity index (χ2n) is 7.71. The van der Waals surface area contributed by atoms with Gasteiger partial charge in [0.15, 0.2) is 0 Å². The molecular formula is C26H24N2O3S. The Labute approximate surface area is 191 Å². The highest BCUT2D eigenvalue weighted by Gasteiger charge is 2.34. The summed E-state index contributed by atoms with van der Waals surface area (Å²) in [6.45, 7) is 2.21. The van der Waals surface area contributed by atoms with Crippen LogP contribution in [0.25, 0.3) is 0 Å². The monoisotopic (exact) mass is 444 g/mol. The lowest BCUT2D eigenvalue weighted by atomic mass is 10.1. The minimum absolute atomic E-state index is 0.129. The highest BCUT2D eigenvalue weighted by molar-refractivity contribution is 7.98. The molecule has 162 valence electrons. The van der Waals surface area contributed by atoms with E-state index in [0.717, 1.165) is 17.0 Å². The van der Waals surface area contributed by atoms with Crippen LogP contribution in [0.2, 0.25) is 0 Å². The van der Waals surface area contributed by atoms with E-state index in [4.69, 9.17) is 0 Å². The molecule has 1 heterocycles. The molecule has 0 saturated carbocycles. The van der Waals surface area contributed by atoms with Gasteiger partial charge in [0.2, 0.25) is 5.91 Å². The molecule has 1 aliphatic heterocycles. The summed E-state index contributed by atoms with van der Waals surface area (Å²) in [4.78, 5) is 39.7. The second-order valence-corrected chi connectivity index (χ2v) is 8.76. The lowest BCUT2D eigenvalue weighted by molar-refractivity contribution is -0.116. The molecule has 0 bridgehead atoms. The van der Waals surface area contributed by atoms with Gasteiger partial charge in [-0.3, -0.25) is 19.3 Å². The molecule has 1 N–H and O–H groups in total. The van der Waals surface area contributed by atoms with Crippen LogP contribution in [0.3, 0.4) is 0 Å². The number of fused-ring (bicyclic) bond motifs is 1. The average Bonchev–Trinajstić information content (AvgIpc) is 3.05. The normalized spacial score (nSPS) is 12.7. The second kappa shape index (κ2) is 9.83. The van der Waals surface area contributed by atoms with Gasteiger partial charge in [-0.2, -0.15) is 0 Å². The maximum absolute atomic E-state index is 12.4. The van der Waals surface area contributed by atoms with E-state index in [-0.39, 0.29) is 30.7 Å². The Kier molecular flexibility index (Phi) is 6.71. The quantitative estimate of drug-likeness (QED) is 0.378. The van der Waals surface area contributed by atoms with Crippen LogP contribution in [-0.4, -0.2) is 29.2 Å². The maximum atomic E-state index is 12.4. The number of imide groups is 1. The van der Waals surface area contributed by atoms with Crippen molar-refractivity contribution >= 4 is 35.2 Å². The topological polar surface area (TPSA) is 66.5 Å². The fourth-order valence-corrected chi connectivity index (χ4v) is 4.55. The van der Waals surface area contributed by atoms with Crippen molar-refractivity contribution in [1.82, 2.24) is 4.90 Å². The Hall–Kier alpha value is -3.38. The zero-order chi connectivity index (χ0) is 22.5. The molecule has 1 aliphatic rings. The highest BCUT2D eigenvalue weighted by Crippen LogP contribution is 2.25. The van der Waals surface area contributed by atoms with E-state index in [1.54, 1.807) is 36.0 Å². The van der Waals surface area contributed by atoms with Crippen LogP contribution in [0.4, 0.5) is 5.69 Å². The molecule has 0 atom stereocenters. The first-order valence-electron chi connectivity index (χ1n) is 10.6. The number of rotatable bonds is 8. The van der Waals surface area contributed by atoms with E-state index >= 15 is 0 Å². The van der Waals surface area contributed by atoms with E-state index in [9.17, 15) is 14.4 Å². The molecule has 0 spiro atoms. The van der Waals surface area contributed by atoms with Crippen molar-refractivity contribution in [1.29, 1.82) is 0 Å². The van der Waals surface area contributed by atoms with Gasteiger partial charge in [0, 0.05) is 29.3 Å². The van der Waals surface area contributed by atoms with Crippen LogP contribution in [0.1, 0.15) is 44.7 Å². The van der Waals surface area contributed by atoms with Crippen molar-refractivity contribution in [3.8, 4) is 0 Å². The Morgan fingerprint density at radius 3 is 2.22 bits per heavy atom. The maximum Gasteiger partial charge on any atom is 0.261 e. The number of hydrogen-bond acceptors (Lipinski definition) is 4. The van der Waals surface area contributed by atoms with Gasteiger partial charge >= 0.3 is 0 Å². The SMILES string of the molecule is Cc1cc(CSc2ccccc2)ccc1NC(=O)CCCN1C(=O)c2ccccc2C1=O. The number of carbonyl (C=O) groups is 3. The first kappa shape index (κ1) is 21.8. The summed E-state index contributed by atoms with van der Waals surface area (Å²) < 4.78 is 0. The van der Waals surface area contributed by atoms with Crippen LogP contribution in [0.15, 0.2) is 77.7 Å². The van der Waals surface area contributed by atoms with Gasteiger partial charge in [-0.25, -0.2) is 0 Å². The van der Waals surface area contributed by atoms with Gasteiger partial charge in [0.25, 0.3) is 11.8 Å². The summed E-state index contributed by atoms with van der Waals surface area (Å²) in [6.07, 6.45) is 0.653. The van der Waals surface area contributed by atoms with Crippen LogP contribution in [-0.2, 0) is 10.5 Å². The third-order valence-electron chi connectivity index (χ3n) is 5.38. The van der Waals surface area contributed by atoms with E-state index in [0.29, 0.717) is 17.5 Å². The minimum Gasteiger partial charge on any atom is -0.326 e. The number of nitrogens with one attached hydrogen (secondary N) is 1.